The number of hydrogen-bond donors (Lipinski definition) is 4. The highest BCUT2D eigenvalue weighted by Crippen LogP contribution is 2.39. The molecular formula is C28H34N4O6. The van der Waals surface area contributed by atoms with E-state index >= 15 is 0 Å². The summed E-state index contributed by atoms with van der Waals surface area (Å²) >= 11 is 0. The number of amides is 4. The Morgan fingerprint density at radius 1 is 0.711 bits per heavy atom. The normalized spacial score (nSPS) is 20.9. The third-order valence-corrected chi connectivity index (χ3v) is 7.78. The molecule has 0 aromatic heterocycles. The van der Waals surface area contributed by atoms with Gasteiger partial charge in [-0.3, -0.25) is 29.6 Å². The van der Waals surface area contributed by atoms with E-state index in [2.05, 4.69) is 0 Å². The molecule has 4 unspecified atom stereocenters. The Labute approximate surface area is 221 Å². The number of nitrogens with one attached hydrogen (secondary N) is 2. The van der Waals surface area contributed by atoms with Crippen LogP contribution in [-0.4, -0.2) is 70.0 Å². The highest BCUT2D eigenvalue weighted by molar-refractivity contribution is 5.96. The predicted octanol–water partition coefficient (Wildman–Crippen LogP) is 1.41. The van der Waals surface area contributed by atoms with Crippen molar-refractivity contribution in [2.75, 3.05) is 26.2 Å². The van der Waals surface area contributed by atoms with Crippen LogP contribution in [-0.2, 0) is 32.0 Å². The largest absolute Gasteiger partial charge is 0.342 e. The number of carbonyl (C=O) groups excluding carboxylic acids is 4. The molecule has 2 aliphatic heterocycles. The molecular weight excluding hydrogens is 488 g/mol. The van der Waals surface area contributed by atoms with Crippen LogP contribution in [0.1, 0.15) is 24.0 Å². The third-order valence-electron chi connectivity index (χ3n) is 7.78. The Kier molecular flexibility index (Phi) is 9.09. The molecule has 0 spiro atoms. The number of nitrogens with zero attached hydrogens (tertiary/aromatic N) is 2. The summed E-state index contributed by atoms with van der Waals surface area (Å²) in [7, 11) is 0. The van der Waals surface area contributed by atoms with Crippen molar-refractivity contribution < 1.29 is 29.6 Å². The first kappa shape index (κ1) is 27.3. The molecule has 10 heteroatoms. The molecule has 4 N–H and O–H groups in total. The molecule has 2 fully saturated rings. The molecule has 2 aliphatic rings. The fourth-order valence-corrected chi connectivity index (χ4v) is 5.80. The number of benzene rings is 2. The third kappa shape index (κ3) is 6.03. The summed E-state index contributed by atoms with van der Waals surface area (Å²) in [4.78, 5) is 55.9. The van der Waals surface area contributed by atoms with Crippen molar-refractivity contribution in [3.63, 3.8) is 0 Å². The lowest BCUT2D eigenvalue weighted by atomic mass is 9.72. The van der Waals surface area contributed by atoms with Crippen LogP contribution in [0.15, 0.2) is 60.7 Å². The van der Waals surface area contributed by atoms with Crippen LogP contribution < -0.4 is 11.0 Å². The molecule has 0 bridgehead atoms. The average molecular weight is 523 g/mol. The van der Waals surface area contributed by atoms with E-state index in [9.17, 15) is 29.6 Å². The molecule has 4 atom stereocenters. The van der Waals surface area contributed by atoms with Crippen LogP contribution in [0.2, 0.25) is 0 Å². The van der Waals surface area contributed by atoms with Gasteiger partial charge in [0.15, 0.2) is 0 Å². The Hall–Kier alpha value is -3.76. The zero-order valence-corrected chi connectivity index (χ0v) is 21.2. The molecule has 4 rings (SSSR count). The lowest BCUT2D eigenvalue weighted by Crippen LogP contribution is -2.50. The zero-order valence-electron chi connectivity index (χ0n) is 21.2. The molecule has 202 valence electrons. The van der Waals surface area contributed by atoms with E-state index < -0.39 is 35.5 Å². The predicted molar refractivity (Wildman–Crippen MR) is 137 cm³/mol. The number of hydrogen-bond acceptors (Lipinski definition) is 6. The van der Waals surface area contributed by atoms with E-state index in [1.165, 1.54) is 0 Å². The highest BCUT2D eigenvalue weighted by atomic mass is 16.5. The topological polar surface area (TPSA) is 139 Å². The van der Waals surface area contributed by atoms with Gasteiger partial charge in [-0.15, -0.1) is 0 Å². The van der Waals surface area contributed by atoms with Crippen LogP contribution in [0.3, 0.4) is 0 Å². The van der Waals surface area contributed by atoms with Gasteiger partial charge in [-0.1, -0.05) is 60.7 Å². The van der Waals surface area contributed by atoms with Crippen molar-refractivity contribution in [3.8, 4) is 0 Å². The standard InChI is InChI=1S/C28H34N4O6/c33-25(29-37)23(21-13-17-31(27(21)35)15-11-19-7-3-1-4-8-19)24(26(34)30-38)22-14-18-32(28(22)36)16-12-20-9-5-2-6-10-20/h1-10,21-24,37-38H,11-18H2,(H,29,33)(H,30,34). The van der Waals surface area contributed by atoms with Crippen LogP contribution in [0.5, 0.6) is 0 Å². The molecule has 2 saturated heterocycles. The molecule has 0 saturated carbocycles. The number of hydroxylamine groups is 2. The van der Waals surface area contributed by atoms with Gasteiger partial charge < -0.3 is 9.80 Å². The maximum Gasteiger partial charge on any atom is 0.248 e. The van der Waals surface area contributed by atoms with E-state index in [4.69, 9.17) is 0 Å². The van der Waals surface area contributed by atoms with Gasteiger partial charge in [-0.05, 0) is 36.8 Å². The number of rotatable bonds is 11. The highest BCUT2D eigenvalue weighted by Gasteiger charge is 2.52. The fraction of sp³-hybridized carbons (Fsp3) is 0.429. The first-order chi connectivity index (χ1) is 18.4. The van der Waals surface area contributed by atoms with Gasteiger partial charge in [-0.2, -0.15) is 0 Å². The first-order valence-electron chi connectivity index (χ1n) is 13.0. The summed E-state index contributed by atoms with van der Waals surface area (Å²) in [5, 5.41) is 19.1. The molecule has 38 heavy (non-hydrogen) atoms. The van der Waals surface area contributed by atoms with Gasteiger partial charge in [0.2, 0.25) is 23.6 Å². The van der Waals surface area contributed by atoms with Crippen molar-refractivity contribution in [3.05, 3.63) is 71.8 Å². The Balaban J connectivity index is 1.50. The quantitative estimate of drug-likeness (QED) is 0.260. The minimum Gasteiger partial charge on any atom is -0.342 e. The van der Waals surface area contributed by atoms with Crippen LogP contribution in [0.4, 0.5) is 0 Å². The molecule has 0 aliphatic carbocycles. The fourth-order valence-electron chi connectivity index (χ4n) is 5.80. The minimum atomic E-state index is -1.32. The zero-order chi connectivity index (χ0) is 27.1. The van der Waals surface area contributed by atoms with Crippen molar-refractivity contribution in [2.45, 2.75) is 25.7 Å². The van der Waals surface area contributed by atoms with Crippen LogP contribution in [0, 0.1) is 23.7 Å². The molecule has 2 aromatic carbocycles. The summed E-state index contributed by atoms with van der Waals surface area (Å²) in [6.45, 7) is 1.67. The van der Waals surface area contributed by atoms with E-state index in [1.54, 1.807) is 20.8 Å². The second kappa shape index (κ2) is 12.7. The Morgan fingerprint density at radius 2 is 1.08 bits per heavy atom. The summed E-state index contributed by atoms with van der Waals surface area (Å²) in [5.74, 6) is -6.91. The number of likely N-dealkylation sites (tertiary alicyclic amines) is 2. The second-order valence-electron chi connectivity index (χ2n) is 9.92. The number of carbonyl (C=O) groups is 4. The van der Waals surface area contributed by atoms with Gasteiger partial charge >= 0.3 is 0 Å². The Bertz CT molecular complexity index is 1040. The summed E-state index contributed by atoms with van der Waals surface area (Å²) in [6.07, 6.45) is 1.85. The van der Waals surface area contributed by atoms with E-state index in [-0.39, 0.29) is 11.8 Å². The van der Waals surface area contributed by atoms with Crippen molar-refractivity contribution in [1.29, 1.82) is 0 Å². The van der Waals surface area contributed by atoms with Crippen molar-refractivity contribution >= 4 is 23.6 Å². The minimum absolute atomic E-state index is 0.291. The maximum atomic E-state index is 13.4. The van der Waals surface area contributed by atoms with E-state index in [0.717, 1.165) is 11.1 Å². The summed E-state index contributed by atoms with van der Waals surface area (Å²) in [6, 6.07) is 19.4. The second-order valence-corrected chi connectivity index (χ2v) is 9.92. The van der Waals surface area contributed by atoms with E-state index in [0.29, 0.717) is 51.9 Å². The summed E-state index contributed by atoms with van der Waals surface area (Å²) in [5.41, 5.74) is 5.32. The molecule has 2 aromatic rings. The molecule has 2 heterocycles. The SMILES string of the molecule is O=C(NO)C(C1CCN(CCc2ccccc2)C1=O)C(C(=O)NO)C1CCN(CCc2ccccc2)C1=O. The molecule has 4 amide bonds. The van der Waals surface area contributed by atoms with Crippen molar-refractivity contribution in [1.82, 2.24) is 20.8 Å². The monoisotopic (exact) mass is 522 g/mol. The summed E-state index contributed by atoms with van der Waals surface area (Å²) < 4.78 is 0. The first-order valence-corrected chi connectivity index (χ1v) is 13.0. The molecule has 0 radical (unpaired) electrons. The lowest BCUT2D eigenvalue weighted by molar-refractivity contribution is -0.154. The lowest BCUT2D eigenvalue weighted by Gasteiger charge is -2.31. The van der Waals surface area contributed by atoms with Gasteiger partial charge in [0.05, 0.1) is 23.7 Å². The van der Waals surface area contributed by atoms with E-state index in [1.807, 2.05) is 60.7 Å². The van der Waals surface area contributed by atoms with Crippen LogP contribution in [0.25, 0.3) is 0 Å². The Morgan fingerprint density at radius 3 is 1.42 bits per heavy atom. The average Bonchev–Trinajstić information content (AvgIpc) is 3.50. The van der Waals surface area contributed by atoms with Gasteiger partial charge in [0.1, 0.15) is 0 Å². The van der Waals surface area contributed by atoms with Crippen molar-refractivity contribution in [2.24, 2.45) is 23.7 Å². The smallest absolute Gasteiger partial charge is 0.248 e. The van der Waals surface area contributed by atoms with Gasteiger partial charge in [0.25, 0.3) is 0 Å². The maximum absolute atomic E-state index is 13.4. The van der Waals surface area contributed by atoms with Crippen LogP contribution >= 0.6 is 0 Å². The molecule has 10 nitrogen and oxygen atoms in total. The van der Waals surface area contributed by atoms with Gasteiger partial charge in [-0.25, -0.2) is 11.0 Å². The van der Waals surface area contributed by atoms with Gasteiger partial charge in [0, 0.05) is 26.2 Å².